The summed E-state index contributed by atoms with van der Waals surface area (Å²) in [5.74, 6) is -1.20. The van der Waals surface area contributed by atoms with Gasteiger partial charge < -0.3 is 15.4 Å². The molecule has 0 bridgehead atoms. The van der Waals surface area contributed by atoms with E-state index in [1.165, 1.54) is 14.2 Å². The molecule has 0 aromatic rings. The highest BCUT2D eigenvalue weighted by molar-refractivity contribution is 5.90. The standard InChI is InChI=1S/C16H30N2O4/c1-10(2)8-11(9-12(19)22-7)14(20)18-13(15(21)17-6)16(3,4)5/h10-11,13H,8-9H2,1-7H3,(H,17,21)(H,18,20)/t11?,13-/m1/s1. The molecule has 22 heavy (non-hydrogen) atoms. The Kier molecular flexibility index (Phi) is 8.12. The number of ether oxygens (including phenoxy) is 1. The van der Waals surface area contributed by atoms with Crippen LogP contribution in [0, 0.1) is 17.3 Å². The minimum atomic E-state index is -0.655. The predicted molar refractivity (Wildman–Crippen MR) is 85.0 cm³/mol. The Morgan fingerprint density at radius 1 is 1.09 bits per heavy atom. The number of nitrogens with one attached hydrogen (secondary N) is 2. The second-order valence-electron chi connectivity index (χ2n) is 7.03. The first-order chi connectivity index (χ1) is 10.0. The summed E-state index contributed by atoms with van der Waals surface area (Å²) in [4.78, 5) is 36.0. The molecule has 0 fully saturated rings. The first kappa shape index (κ1) is 20.4. The van der Waals surface area contributed by atoms with Gasteiger partial charge in [0.1, 0.15) is 6.04 Å². The van der Waals surface area contributed by atoms with Gasteiger partial charge in [0.2, 0.25) is 11.8 Å². The fourth-order valence-electron chi connectivity index (χ4n) is 2.22. The Hall–Kier alpha value is -1.59. The van der Waals surface area contributed by atoms with Gasteiger partial charge in [0.15, 0.2) is 0 Å². The van der Waals surface area contributed by atoms with E-state index >= 15 is 0 Å². The molecule has 0 spiro atoms. The number of hydrogen-bond acceptors (Lipinski definition) is 4. The maximum Gasteiger partial charge on any atom is 0.306 e. The van der Waals surface area contributed by atoms with Gasteiger partial charge in [0.05, 0.1) is 13.5 Å². The Morgan fingerprint density at radius 2 is 1.64 bits per heavy atom. The highest BCUT2D eigenvalue weighted by Gasteiger charge is 2.34. The lowest BCUT2D eigenvalue weighted by Crippen LogP contribution is -2.54. The maximum absolute atomic E-state index is 12.5. The van der Waals surface area contributed by atoms with E-state index in [4.69, 9.17) is 0 Å². The van der Waals surface area contributed by atoms with Crippen molar-refractivity contribution in [1.29, 1.82) is 0 Å². The third-order valence-electron chi connectivity index (χ3n) is 3.43. The van der Waals surface area contributed by atoms with E-state index in [9.17, 15) is 14.4 Å². The number of likely N-dealkylation sites (N-methyl/N-ethyl adjacent to an activating group) is 1. The van der Waals surface area contributed by atoms with E-state index in [1.807, 2.05) is 34.6 Å². The van der Waals surface area contributed by atoms with Crippen LogP contribution in [-0.4, -0.2) is 38.0 Å². The van der Waals surface area contributed by atoms with Crippen LogP contribution in [0.4, 0.5) is 0 Å². The van der Waals surface area contributed by atoms with Gasteiger partial charge in [-0.05, 0) is 17.8 Å². The lowest BCUT2D eigenvalue weighted by Gasteiger charge is -2.31. The zero-order valence-corrected chi connectivity index (χ0v) is 14.8. The van der Waals surface area contributed by atoms with Crippen LogP contribution in [-0.2, 0) is 19.1 Å². The molecule has 1 unspecified atom stereocenters. The molecule has 0 aliphatic heterocycles. The van der Waals surface area contributed by atoms with Crippen LogP contribution in [0.15, 0.2) is 0 Å². The van der Waals surface area contributed by atoms with Crippen molar-refractivity contribution in [1.82, 2.24) is 10.6 Å². The average Bonchev–Trinajstić information content (AvgIpc) is 2.40. The molecular formula is C16H30N2O4. The lowest BCUT2D eigenvalue weighted by atomic mass is 9.85. The molecule has 0 radical (unpaired) electrons. The van der Waals surface area contributed by atoms with Gasteiger partial charge in [-0.2, -0.15) is 0 Å². The van der Waals surface area contributed by atoms with Crippen LogP contribution >= 0.6 is 0 Å². The van der Waals surface area contributed by atoms with Gasteiger partial charge in [-0.3, -0.25) is 14.4 Å². The number of amides is 2. The van der Waals surface area contributed by atoms with E-state index in [1.54, 1.807) is 0 Å². The third-order valence-corrected chi connectivity index (χ3v) is 3.43. The SMILES string of the molecule is CNC(=O)[C@@H](NC(=O)C(CC(=O)OC)CC(C)C)C(C)(C)C. The number of rotatable bonds is 7. The van der Waals surface area contributed by atoms with Crippen molar-refractivity contribution in [2.45, 2.75) is 53.5 Å². The molecule has 0 saturated heterocycles. The van der Waals surface area contributed by atoms with Gasteiger partial charge in [-0.15, -0.1) is 0 Å². The van der Waals surface area contributed by atoms with Gasteiger partial charge >= 0.3 is 5.97 Å². The van der Waals surface area contributed by atoms with Gasteiger partial charge in [0.25, 0.3) is 0 Å². The van der Waals surface area contributed by atoms with Gasteiger partial charge in [0, 0.05) is 13.0 Å². The molecule has 0 aromatic heterocycles. The molecule has 2 amide bonds. The van der Waals surface area contributed by atoms with Crippen LogP contribution < -0.4 is 10.6 Å². The second-order valence-corrected chi connectivity index (χ2v) is 7.03. The minimum Gasteiger partial charge on any atom is -0.469 e. The molecular weight excluding hydrogens is 284 g/mol. The summed E-state index contributed by atoms with van der Waals surface area (Å²) in [6, 6.07) is -0.655. The summed E-state index contributed by atoms with van der Waals surface area (Å²) < 4.78 is 4.66. The fourth-order valence-corrected chi connectivity index (χ4v) is 2.22. The molecule has 0 aliphatic carbocycles. The molecule has 128 valence electrons. The maximum atomic E-state index is 12.5. The summed E-state index contributed by atoms with van der Waals surface area (Å²) in [5.41, 5.74) is -0.427. The van der Waals surface area contributed by atoms with Crippen LogP contribution in [0.2, 0.25) is 0 Å². The van der Waals surface area contributed by atoms with Crippen molar-refractivity contribution in [3.63, 3.8) is 0 Å². The molecule has 6 heteroatoms. The molecule has 2 N–H and O–H groups in total. The average molecular weight is 314 g/mol. The van der Waals surface area contributed by atoms with E-state index in [0.29, 0.717) is 6.42 Å². The summed E-state index contributed by atoms with van der Waals surface area (Å²) in [6.45, 7) is 9.61. The van der Waals surface area contributed by atoms with E-state index in [0.717, 1.165) is 0 Å². The van der Waals surface area contributed by atoms with Crippen LogP contribution in [0.1, 0.15) is 47.5 Å². The van der Waals surface area contributed by atoms with Crippen LogP contribution in [0.5, 0.6) is 0 Å². The smallest absolute Gasteiger partial charge is 0.306 e. The summed E-state index contributed by atoms with van der Waals surface area (Å²) in [5, 5.41) is 5.35. The quantitative estimate of drug-likeness (QED) is 0.697. The van der Waals surface area contributed by atoms with Crippen molar-refractivity contribution < 1.29 is 19.1 Å². The summed E-state index contributed by atoms with van der Waals surface area (Å²) >= 11 is 0. The molecule has 0 aliphatic rings. The van der Waals surface area contributed by atoms with Crippen molar-refractivity contribution in [3.8, 4) is 0 Å². The number of carbonyl (C=O) groups is 3. The predicted octanol–water partition coefficient (Wildman–Crippen LogP) is 1.49. The van der Waals surface area contributed by atoms with Crippen molar-refractivity contribution >= 4 is 17.8 Å². The summed E-state index contributed by atoms with van der Waals surface area (Å²) in [6.07, 6.45) is 0.580. The zero-order valence-electron chi connectivity index (χ0n) is 14.8. The largest absolute Gasteiger partial charge is 0.469 e. The molecule has 0 aromatic carbocycles. The van der Waals surface area contributed by atoms with Crippen molar-refractivity contribution in [2.24, 2.45) is 17.3 Å². The minimum absolute atomic E-state index is 0.0190. The Bertz CT molecular complexity index is 399. The van der Waals surface area contributed by atoms with Gasteiger partial charge in [-0.1, -0.05) is 34.6 Å². The highest BCUT2D eigenvalue weighted by Crippen LogP contribution is 2.22. The highest BCUT2D eigenvalue weighted by atomic mass is 16.5. The second kappa shape index (κ2) is 8.76. The first-order valence-corrected chi connectivity index (χ1v) is 7.61. The van der Waals surface area contributed by atoms with E-state index in [2.05, 4.69) is 15.4 Å². The van der Waals surface area contributed by atoms with Gasteiger partial charge in [-0.25, -0.2) is 0 Å². The van der Waals surface area contributed by atoms with Crippen LogP contribution in [0.25, 0.3) is 0 Å². The van der Waals surface area contributed by atoms with Crippen LogP contribution in [0.3, 0.4) is 0 Å². The molecule has 2 atom stereocenters. The van der Waals surface area contributed by atoms with Crippen molar-refractivity contribution in [2.75, 3.05) is 14.2 Å². The Labute approximate surface area is 133 Å². The normalized spacial score (nSPS) is 14.2. The van der Waals surface area contributed by atoms with E-state index in [-0.39, 0.29) is 24.2 Å². The van der Waals surface area contributed by atoms with Crippen molar-refractivity contribution in [3.05, 3.63) is 0 Å². The number of hydrogen-bond donors (Lipinski definition) is 2. The summed E-state index contributed by atoms with van der Waals surface area (Å²) in [7, 11) is 2.84. The number of esters is 1. The fraction of sp³-hybridized carbons (Fsp3) is 0.812. The molecule has 6 nitrogen and oxygen atoms in total. The first-order valence-electron chi connectivity index (χ1n) is 7.61. The molecule has 0 heterocycles. The number of carbonyl (C=O) groups excluding carboxylic acids is 3. The molecule has 0 rings (SSSR count). The Morgan fingerprint density at radius 3 is 2.00 bits per heavy atom. The monoisotopic (exact) mass is 314 g/mol. The molecule has 0 saturated carbocycles. The zero-order chi connectivity index (χ0) is 17.5. The third kappa shape index (κ3) is 6.91. The Balaban J connectivity index is 5.11. The lowest BCUT2D eigenvalue weighted by molar-refractivity contribution is -0.145. The number of methoxy groups -OCH3 is 1. The topological polar surface area (TPSA) is 84.5 Å². The van der Waals surface area contributed by atoms with E-state index < -0.39 is 23.3 Å².